The predicted octanol–water partition coefficient (Wildman–Crippen LogP) is 1.99. The minimum Gasteiger partial charge on any atom is -0.374 e. The van der Waals surface area contributed by atoms with Gasteiger partial charge < -0.3 is 15.2 Å². The monoisotopic (exact) mass is 246 g/mol. The topological polar surface area (TPSA) is 47.1 Å². The number of anilines is 1. The van der Waals surface area contributed by atoms with Crippen LogP contribution in [0.1, 0.15) is 13.3 Å². The number of benzene rings is 1. The summed E-state index contributed by atoms with van der Waals surface area (Å²) in [6, 6.07) is 6.42. The molecule has 0 aliphatic carbocycles. The van der Waals surface area contributed by atoms with Crippen molar-refractivity contribution in [3.8, 4) is 0 Å². The molecule has 2 N–H and O–H groups in total. The van der Waals surface area contributed by atoms with Gasteiger partial charge in [0.25, 0.3) is 0 Å². The van der Waals surface area contributed by atoms with Crippen molar-refractivity contribution in [1.29, 1.82) is 0 Å². The van der Waals surface area contributed by atoms with Gasteiger partial charge in [-0.2, -0.15) is 0 Å². The van der Waals surface area contributed by atoms with Gasteiger partial charge in [0.2, 0.25) is 0 Å². The number of imidazole rings is 1. The number of hydrogen-bond donors (Lipinski definition) is 1. The van der Waals surface area contributed by atoms with Crippen molar-refractivity contribution in [2.24, 2.45) is 18.7 Å². The van der Waals surface area contributed by atoms with Gasteiger partial charge in [-0.3, -0.25) is 0 Å². The quantitative estimate of drug-likeness (QED) is 0.877. The maximum absolute atomic E-state index is 5.59. The summed E-state index contributed by atoms with van der Waals surface area (Å²) in [5.74, 6) is 0.611. The maximum Gasteiger partial charge on any atom is 0.0955 e. The molecule has 98 valence electrons. The molecule has 0 bridgehead atoms. The van der Waals surface area contributed by atoms with Crippen LogP contribution < -0.4 is 10.6 Å². The minimum atomic E-state index is 0.611. The van der Waals surface area contributed by atoms with Crippen molar-refractivity contribution in [1.82, 2.24) is 9.55 Å². The standard InChI is InChI=1S/C14H22N4/c1-11(6-7-15)9-17(2)12-4-5-14-13(8-12)16-10-18(14)3/h4-5,8,10-11H,6-7,9,15H2,1-3H3. The van der Waals surface area contributed by atoms with Crippen molar-refractivity contribution in [3.63, 3.8) is 0 Å². The molecule has 2 aromatic rings. The zero-order valence-electron chi connectivity index (χ0n) is 11.4. The second kappa shape index (κ2) is 5.40. The van der Waals surface area contributed by atoms with Crippen LogP contribution in [-0.2, 0) is 7.05 Å². The van der Waals surface area contributed by atoms with Crippen LogP contribution in [0.4, 0.5) is 5.69 Å². The Morgan fingerprint density at radius 3 is 2.94 bits per heavy atom. The van der Waals surface area contributed by atoms with E-state index in [4.69, 9.17) is 5.73 Å². The Bertz CT molecular complexity index is 517. The van der Waals surface area contributed by atoms with Crippen molar-refractivity contribution in [2.75, 3.05) is 25.0 Å². The van der Waals surface area contributed by atoms with Gasteiger partial charge in [-0.05, 0) is 37.1 Å². The first kappa shape index (κ1) is 12.9. The Morgan fingerprint density at radius 1 is 1.44 bits per heavy atom. The molecule has 1 heterocycles. The second-order valence-corrected chi connectivity index (χ2v) is 5.09. The number of hydrogen-bond acceptors (Lipinski definition) is 3. The fraction of sp³-hybridized carbons (Fsp3) is 0.500. The number of rotatable bonds is 5. The summed E-state index contributed by atoms with van der Waals surface area (Å²) in [4.78, 5) is 6.67. The highest BCUT2D eigenvalue weighted by atomic mass is 15.1. The van der Waals surface area contributed by atoms with Crippen LogP contribution in [0.25, 0.3) is 11.0 Å². The number of fused-ring (bicyclic) bond motifs is 1. The zero-order chi connectivity index (χ0) is 13.1. The number of aromatic nitrogens is 2. The van der Waals surface area contributed by atoms with E-state index in [-0.39, 0.29) is 0 Å². The number of nitrogens with zero attached hydrogens (tertiary/aromatic N) is 3. The molecule has 0 radical (unpaired) electrons. The molecule has 1 aromatic carbocycles. The van der Waals surface area contributed by atoms with Crippen molar-refractivity contribution < 1.29 is 0 Å². The minimum absolute atomic E-state index is 0.611. The predicted molar refractivity (Wildman–Crippen MR) is 76.8 cm³/mol. The molecule has 1 aromatic heterocycles. The van der Waals surface area contributed by atoms with Gasteiger partial charge in [0, 0.05) is 26.3 Å². The molecule has 0 amide bonds. The molecule has 0 aliphatic rings. The van der Waals surface area contributed by atoms with Gasteiger partial charge in [-0.1, -0.05) is 6.92 Å². The molecule has 4 nitrogen and oxygen atoms in total. The summed E-state index contributed by atoms with van der Waals surface area (Å²) in [5.41, 5.74) is 9.02. The van der Waals surface area contributed by atoms with E-state index >= 15 is 0 Å². The van der Waals surface area contributed by atoms with E-state index in [0.717, 1.165) is 25.0 Å². The first-order valence-electron chi connectivity index (χ1n) is 6.44. The van der Waals surface area contributed by atoms with Gasteiger partial charge >= 0.3 is 0 Å². The molecule has 1 atom stereocenters. The van der Waals surface area contributed by atoms with Crippen LogP contribution in [0, 0.1) is 5.92 Å². The van der Waals surface area contributed by atoms with E-state index in [0.29, 0.717) is 5.92 Å². The van der Waals surface area contributed by atoms with Crippen molar-refractivity contribution in [3.05, 3.63) is 24.5 Å². The third kappa shape index (κ3) is 2.64. The Balaban J connectivity index is 2.15. The van der Waals surface area contributed by atoms with E-state index in [2.05, 4.69) is 42.1 Å². The van der Waals surface area contributed by atoms with Gasteiger partial charge in [-0.25, -0.2) is 4.98 Å². The lowest BCUT2D eigenvalue weighted by molar-refractivity contribution is 0.539. The zero-order valence-corrected chi connectivity index (χ0v) is 11.4. The molecule has 0 spiro atoms. The van der Waals surface area contributed by atoms with Crippen molar-refractivity contribution >= 4 is 16.7 Å². The second-order valence-electron chi connectivity index (χ2n) is 5.09. The van der Waals surface area contributed by atoms with Gasteiger partial charge in [0.05, 0.1) is 17.4 Å². The van der Waals surface area contributed by atoms with E-state index in [9.17, 15) is 0 Å². The Labute approximate surface area is 108 Å². The lowest BCUT2D eigenvalue weighted by Crippen LogP contribution is -2.25. The SMILES string of the molecule is CC(CCN)CN(C)c1ccc2c(c1)ncn2C. The molecule has 1 unspecified atom stereocenters. The van der Waals surface area contributed by atoms with Gasteiger partial charge in [-0.15, -0.1) is 0 Å². The van der Waals surface area contributed by atoms with E-state index in [1.807, 2.05) is 17.9 Å². The summed E-state index contributed by atoms with van der Waals surface area (Å²) in [5, 5.41) is 0. The summed E-state index contributed by atoms with van der Waals surface area (Å²) < 4.78 is 2.04. The molecule has 4 heteroatoms. The molecule has 0 aliphatic heterocycles. The normalized spacial score (nSPS) is 12.9. The molecule has 0 fully saturated rings. The lowest BCUT2D eigenvalue weighted by atomic mass is 10.1. The molecular weight excluding hydrogens is 224 g/mol. The van der Waals surface area contributed by atoms with Gasteiger partial charge in [0.1, 0.15) is 0 Å². The molecule has 0 saturated carbocycles. The number of nitrogens with two attached hydrogens (primary N) is 1. The van der Waals surface area contributed by atoms with Gasteiger partial charge in [0.15, 0.2) is 0 Å². The molecular formula is C14H22N4. The van der Waals surface area contributed by atoms with Crippen LogP contribution >= 0.6 is 0 Å². The molecule has 18 heavy (non-hydrogen) atoms. The Morgan fingerprint density at radius 2 is 2.22 bits per heavy atom. The van der Waals surface area contributed by atoms with Crippen molar-refractivity contribution in [2.45, 2.75) is 13.3 Å². The highest BCUT2D eigenvalue weighted by Crippen LogP contribution is 2.21. The first-order valence-corrected chi connectivity index (χ1v) is 6.44. The molecule has 0 saturated heterocycles. The average molecular weight is 246 g/mol. The average Bonchev–Trinajstić information content (AvgIpc) is 2.71. The first-order chi connectivity index (χ1) is 8.61. The Hall–Kier alpha value is -1.55. The van der Waals surface area contributed by atoms with E-state index in [1.54, 1.807) is 0 Å². The van der Waals surface area contributed by atoms with Crippen LogP contribution in [-0.4, -0.2) is 29.7 Å². The highest BCUT2D eigenvalue weighted by molar-refractivity contribution is 5.79. The number of aryl methyl sites for hydroxylation is 1. The summed E-state index contributed by atoms with van der Waals surface area (Å²) in [6.45, 7) is 4.02. The third-order valence-electron chi connectivity index (χ3n) is 3.39. The van der Waals surface area contributed by atoms with Crippen LogP contribution in [0.2, 0.25) is 0 Å². The Kier molecular flexibility index (Phi) is 3.87. The summed E-state index contributed by atoms with van der Waals surface area (Å²) in [7, 11) is 4.14. The fourth-order valence-electron chi connectivity index (χ4n) is 2.31. The summed E-state index contributed by atoms with van der Waals surface area (Å²) in [6.07, 6.45) is 2.92. The highest BCUT2D eigenvalue weighted by Gasteiger charge is 2.08. The lowest BCUT2D eigenvalue weighted by Gasteiger charge is -2.23. The largest absolute Gasteiger partial charge is 0.374 e. The summed E-state index contributed by atoms with van der Waals surface area (Å²) >= 11 is 0. The maximum atomic E-state index is 5.59. The van der Waals surface area contributed by atoms with E-state index < -0.39 is 0 Å². The van der Waals surface area contributed by atoms with Crippen LogP contribution in [0.15, 0.2) is 24.5 Å². The third-order valence-corrected chi connectivity index (χ3v) is 3.39. The fourth-order valence-corrected chi connectivity index (χ4v) is 2.31. The van der Waals surface area contributed by atoms with E-state index in [1.165, 1.54) is 11.2 Å². The molecule has 2 rings (SSSR count). The van der Waals surface area contributed by atoms with Crippen LogP contribution in [0.3, 0.4) is 0 Å². The smallest absolute Gasteiger partial charge is 0.0955 e. The van der Waals surface area contributed by atoms with Crippen LogP contribution in [0.5, 0.6) is 0 Å².